The van der Waals surface area contributed by atoms with Crippen LogP contribution in [-0.2, 0) is 5.75 Å². The molecule has 2 heterocycles. The summed E-state index contributed by atoms with van der Waals surface area (Å²) in [5, 5.41) is 10.6. The molecular weight excluding hydrogens is 274 g/mol. The number of carboxylic acid groups (broad SMARTS) is 1. The van der Waals surface area contributed by atoms with E-state index in [2.05, 4.69) is 4.98 Å². The molecule has 0 radical (unpaired) electrons. The van der Waals surface area contributed by atoms with Crippen LogP contribution in [0.4, 0.5) is 0 Å². The predicted octanol–water partition coefficient (Wildman–Crippen LogP) is 3.82. The number of pyridine rings is 1. The normalized spacial score (nSPS) is 10.8. The van der Waals surface area contributed by atoms with Crippen LogP contribution < -0.4 is 0 Å². The Balaban J connectivity index is 1.97. The quantitative estimate of drug-likeness (QED) is 0.738. The van der Waals surface area contributed by atoms with Gasteiger partial charge in [-0.25, -0.2) is 9.78 Å². The summed E-state index contributed by atoms with van der Waals surface area (Å²) in [4.78, 5) is 15.8. The number of benzene rings is 1. The van der Waals surface area contributed by atoms with Crippen molar-refractivity contribution in [3.05, 3.63) is 60.1 Å². The fourth-order valence-corrected chi connectivity index (χ4v) is 2.76. The van der Waals surface area contributed by atoms with E-state index in [4.69, 9.17) is 4.42 Å². The summed E-state index contributed by atoms with van der Waals surface area (Å²) in [6, 6.07) is 12.6. The lowest BCUT2D eigenvalue weighted by Gasteiger charge is -2.05. The molecule has 0 aliphatic heterocycles. The number of aromatic carboxylic acids is 1. The van der Waals surface area contributed by atoms with Crippen molar-refractivity contribution in [2.45, 2.75) is 10.8 Å². The molecule has 0 unspecified atom stereocenters. The number of nitrogens with zero attached hydrogens (tertiary/aromatic N) is 1. The van der Waals surface area contributed by atoms with Crippen LogP contribution in [0.3, 0.4) is 0 Å². The molecule has 0 aliphatic rings. The zero-order valence-electron chi connectivity index (χ0n) is 10.4. The largest absolute Gasteiger partial charge is 0.478 e. The zero-order chi connectivity index (χ0) is 13.9. The van der Waals surface area contributed by atoms with E-state index in [0.717, 1.165) is 5.76 Å². The molecule has 3 aromatic rings. The average Bonchev–Trinajstić information content (AvgIpc) is 2.97. The van der Waals surface area contributed by atoms with Crippen LogP contribution in [0.1, 0.15) is 16.1 Å². The molecule has 0 bridgehead atoms. The van der Waals surface area contributed by atoms with Gasteiger partial charge in [-0.15, -0.1) is 0 Å². The molecule has 0 saturated heterocycles. The first-order chi connectivity index (χ1) is 9.74. The van der Waals surface area contributed by atoms with Gasteiger partial charge in [-0.1, -0.05) is 30.0 Å². The molecule has 20 heavy (non-hydrogen) atoms. The van der Waals surface area contributed by atoms with Crippen LogP contribution in [0.25, 0.3) is 10.9 Å². The maximum Gasteiger partial charge on any atom is 0.336 e. The Morgan fingerprint density at radius 1 is 1.25 bits per heavy atom. The minimum Gasteiger partial charge on any atom is -0.478 e. The van der Waals surface area contributed by atoms with Crippen molar-refractivity contribution in [1.29, 1.82) is 0 Å². The molecule has 4 nitrogen and oxygen atoms in total. The van der Waals surface area contributed by atoms with Crippen molar-refractivity contribution in [1.82, 2.24) is 4.98 Å². The second kappa shape index (κ2) is 5.38. The van der Waals surface area contributed by atoms with Gasteiger partial charge < -0.3 is 9.52 Å². The van der Waals surface area contributed by atoms with Gasteiger partial charge in [-0.3, -0.25) is 0 Å². The highest BCUT2D eigenvalue weighted by Gasteiger charge is 2.12. The third-order valence-corrected chi connectivity index (χ3v) is 3.80. The number of hydrogen-bond donors (Lipinski definition) is 1. The van der Waals surface area contributed by atoms with Crippen LogP contribution in [0.2, 0.25) is 0 Å². The summed E-state index contributed by atoms with van der Waals surface area (Å²) in [5.41, 5.74) is 0.965. The Morgan fingerprint density at radius 2 is 2.10 bits per heavy atom. The topological polar surface area (TPSA) is 63.3 Å². The molecule has 0 amide bonds. The predicted molar refractivity (Wildman–Crippen MR) is 77.0 cm³/mol. The van der Waals surface area contributed by atoms with Gasteiger partial charge in [0.05, 0.1) is 28.1 Å². The highest BCUT2D eigenvalue weighted by Crippen LogP contribution is 2.26. The summed E-state index contributed by atoms with van der Waals surface area (Å²) in [7, 11) is 0. The van der Waals surface area contributed by atoms with Gasteiger partial charge in [-0.05, 0) is 24.3 Å². The SMILES string of the molecule is O=C(O)c1cc(SCc2ccco2)nc2ccccc12. The monoisotopic (exact) mass is 285 g/mol. The maximum absolute atomic E-state index is 11.3. The van der Waals surface area contributed by atoms with E-state index >= 15 is 0 Å². The van der Waals surface area contributed by atoms with Crippen molar-refractivity contribution in [2.75, 3.05) is 0 Å². The fourth-order valence-electron chi connectivity index (χ4n) is 1.94. The number of furan rings is 1. The highest BCUT2D eigenvalue weighted by molar-refractivity contribution is 7.98. The smallest absolute Gasteiger partial charge is 0.336 e. The lowest BCUT2D eigenvalue weighted by Crippen LogP contribution is -1.99. The standard InChI is InChI=1S/C15H11NO3S/c17-15(18)12-8-14(20-9-10-4-3-7-19-10)16-13-6-2-1-5-11(12)13/h1-8H,9H2,(H,17,18). The molecule has 100 valence electrons. The second-order valence-electron chi connectivity index (χ2n) is 4.20. The Bertz CT molecular complexity index is 753. The first-order valence-corrected chi connectivity index (χ1v) is 7.01. The third kappa shape index (κ3) is 2.53. The Labute approximate surface area is 119 Å². The molecule has 1 N–H and O–H groups in total. The number of aromatic nitrogens is 1. The maximum atomic E-state index is 11.3. The highest BCUT2D eigenvalue weighted by atomic mass is 32.2. The molecule has 0 spiro atoms. The van der Waals surface area contributed by atoms with Gasteiger partial charge in [0.15, 0.2) is 0 Å². The van der Waals surface area contributed by atoms with E-state index in [1.807, 2.05) is 30.3 Å². The molecule has 2 aromatic heterocycles. The van der Waals surface area contributed by atoms with Gasteiger partial charge in [0.1, 0.15) is 5.76 Å². The van der Waals surface area contributed by atoms with E-state index in [1.165, 1.54) is 11.8 Å². The lowest BCUT2D eigenvalue weighted by molar-refractivity contribution is 0.0698. The van der Waals surface area contributed by atoms with E-state index in [0.29, 0.717) is 21.7 Å². The van der Waals surface area contributed by atoms with Gasteiger partial charge in [0.25, 0.3) is 0 Å². The molecule has 0 aliphatic carbocycles. The first-order valence-electron chi connectivity index (χ1n) is 6.02. The van der Waals surface area contributed by atoms with Crippen LogP contribution in [0.15, 0.2) is 58.2 Å². The minimum atomic E-state index is -0.941. The average molecular weight is 285 g/mol. The lowest BCUT2D eigenvalue weighted by atomic mass is 10.1. The van der Waals surface area contributed by atoms with Gasteiger partial charge in [-0.2, -0.15) is 0 Å². The van der Waals surface area contributed by atoms with E-state index < -0.39 is 5.97 Å². The molecule has 1 aromatic carbocycles. The van der Waals surface area contributed by atoms with Crippen LogP contribution >= 0.6 is 11.8 Å². The van der Waals surface area contributed by atoms with Crippen molar-refractivity contribution < 1.29 is 14.3 Å². The number of carbonyl (C=O) groups is 1. The molecule has 0 atom stereocenters. The molecule has 0 saturated carbocycles. The van der Waals surface area contributed by atoms with Crippen molar-refractivity contribution in [3.8, 4) is 0 Å². The summed E-state index contributed by atoms with van der Waals surface area (Å²) >= 11 is 1.46. The molecule has 3 rings (SSSR count). The number of carboxylic acids is 1. The zero-order valence-corrected chi connectivity index (χ0v) is 11.3. The van der Waals surface area contributed by atoms with E-state index in [9.17, 15) is 9.90 Å². The fraction of sp³-hybridized carbons (Fsp3) is 0.0667. The summed E-state index contributed by atoms with van der Waals surface area (Å²) in [5.74, 6) is 0.516. The van der Waals surface area contributed by atoms with E-state index in [-0.39, 0.29) is 5.56 Å². The van der Waals surface area contributed by atoms with Crippen molar-refractivity contribution >= 4 is 28.6 Å². The summed E-state index contributed by atoms with van der Waals surface area (Å²) < 4.78 is 5.26. The van der Waals surface area contributed by atoms with Gasteiger partial charge >= 0.3 is 5.97 Å². The Morgan fingerprint density at radius 3 is 2.85 bits per heavy atom. The van der Waals surface area contributed by atoms with Crippen molar-refractivity contribution in [3.63, 3.8) is 0 Å². The number of rotatable bonds is 4. The summed E-state index contributed by atoms with van der Waals surface area (Å²) in [6.07, 6.45) is 1.62. The number of hydrogen-bond acceptors (Lipinski definition) is 4. The Kier molecular flexibility index (Phi) is 3.43. The molecule has 5 heteroatoms. The van der Waals surface area contributed by atoms with Crippen LogP contribution in [0.5, 0.6) is 0 Å². The third-order valence-electron chi connectivity index (χ3n) is 2.87. The number of fused-ring (bicyclic) bond motifs is 1. The van der Waals surface area contributed by atoms with Gasteiger partial charge in [0.2, 0.25) is 0 Å². The summed E-state index contributed by atoms with van der Waals surface area (Å²) in [6.45, 7) is 0. The number of thioether (sulfide) groups is 1. The molecular formula is C15H11NO3S. The Hall–Kier alpha value is -2.27. The first kappa shape index (κ1) is 12.7. The minimum absolute atomic E-state index is 0.276. The van der Waals surface area contributed by atoms with Crippen LogP contribution in [-0.4, -0.2) is 16.1 Å². The van der Waals surface area contributed by atoms with E-state index in [1.54, 1.807) is 18.4 Å². The van der Waals surface area contributed by atoms with Crippen LogP contribution in [0, 0.1) is 0 Å². The van der Waals surface area contributed by atoms with Crippen molar-refractivity contribution in [2.24, 2.45) is 0 Å². The second-order valence-corrected chi connectivity index (χ2v) is 5.19. The number of para-hydroxylation sites is 1. The molecule has 0 fully saturated rings. The van der Waals surface area contributed by atoms with Gasteiger partial charge in [0, 0.05) is 5.39 Å².